The van der Waals surface area contributed by atoms with Crippen molar-refractivity contribution < 1.29 is 23.9 Å². The normalized spacial score (nSPS) is 19.6. The molecule has 0 spiro atoms. The van der Waals surface area contributed by atoms with Crippen LogP contribution in [0.4, 0.5) is 0 Å². The maximum atomic E-state index is 12.9. The van der Waals surface area contributed by atoms with E-state index in [4.69, 9.17) is 4.74 Å². The van der Waals surface area contributed by atoms with Gasteiger partial charge in [-0.15, -0.1) is 0 Å². The van der Waals surface area contributed by atoms with Crippen molar-refractivity contribution in [3.8, 4) is 0 Å². The molecule has 2 aliphatic heterocycles. The number of hydrogen-bond acceptors (Lipinski definition) is 5. The van der Waals surface area contributed by atoms with E-state index in [1.807, 2.05) is 0 Å². The van der Waals surface area contributed by atoms with Crippen LogP contribution in [0.5, 0.6) is 0 Å². The number of amides is 2. The first-order valence-electron chi connectivity index (χ1n) is 13.6. The van der Waals surface area contributed by atoms with E-state index >= 15 is 0 Å². The molecule has 2 aliphatic rings. The van der Waals surface area contributed by atoms with Crippen LogP contribution in [0.1, 0.15) is 111 Å². The monoisotopic (exact) mass is 478 g/mol. The van der Waals surface area contributed by atoms with Gasteiger partial charge in [-0.05, 0) is 70.6 Å². The largest absolute Gasteiger partial charge is 0.465 e. The third-order valence-electron chi connectivity index (χ3n) is 7.51. The summed E-state index contributed by atoms with van der Waals surface area (Å²) in [5.41, 5.74) is 0. The Labute approximate surface area is 205 Å². The van der Waals surface area contributed by atoms with Crippen molar-refractivity contribution in [2.75, 3.05) is 19.7 Å². The Morgan fingerprint density at radius 1 is 0.824 bits per heavy atom. The Balaban J connectivity index is 1.94. The van der Waals surface area contributed by atoms with Crippen molar-refractivity contribution in [2.45, 2.75) is 123 Å². The van der Waals surface area contributed by atoms with Gasteiger partial charge in [0.05, 0.1) is 6.61 Å². The second-order valence-electron chi connectivity index (χ2n) is 10.1. The van der Waals surface area contributed by atoms with Crippen LogP contribution < -0.4 is 0 Å². The first-order chi connectivity index (χ1) is 16.3. The summed E-state index contributed by atoms with van der Waals surface area (Å²) in [6.07, 6.45) is 11.8. The smallest absolute Gasteiger partial charge is 0.313 e. The zero-order valence-corrected chi connectivity index (χ0v) is 21.7. The van der Waals surface area contributed by atoms with Crippen molar-refractivity contribution in [3.63, 3.8) is 0 Å². The van der Waals surface area contributed by atoms with E-state index in [-0.39, 0.29) is 36.0 Å². The topological polar surface area (TPSA) is 84.0 Å². The molecule has 3 unspecified atom stereocenters. The molecule has 0 aromatic heterocycles. The summed E-state index contributed by atoms with van der Waals surface area (Å²) in [6.45, 7) is 7.68. The summed E-state index contributed by atoms with van der Waals surface area (Å²) < 4.78 is 5.34. The highest BCUT2D eigenvalue weighted by Crippen LogP contribution is 2.26. The predicted octanol–water partition coefficient (Wildman–Crippen LogP) is 4.66. The van der Waals surface area contributed by atoms with E-state index in [1.165, 1.54) is 6.92 Å². The minimum Gasteiger partial charge on any atom is -0.465 e. The van der Waals surface area contributed by atoms with Crippen molar-refractivity contribution in [2.24, 2.45) is 5.92 Å². The number of rotatable bonds is 15. The van der Waals surface area contributed by atoms with E-state index in [9.17, 15) is 19.2 Å². The number of nitrogens with zero attached hydrogens (tertiary/aromatic N) is 2. The average molecular weight is 479 g/mol. The predicted molar refractivity (Wildman–Crippen MR) is 132 cm³/mol. The molecule has 0 N–H and O–H groups in total. The highest BCUT2D eigenvalue weighted by molar-refractivity contribution is 5.94. The number of ketones is 1. The lowest BCUT2D eigenvalue weighted by atomic mass is 9.93. The average Bonchev–Trinajstić information content (AvgIpc) is 3.10. The van der Waals surface area contributed by atoms with Crippen LogP contribution in [-0.4, -0.2) is 65.1 Å². The quantitative estimate of drug-likeness (QED) is 0.252. The molecule has 7 nitrogen and oxygen atoms in total. The van der Waals surface area contributed by atoms with Crippen LogP contribution in [0.2, 0.25) is 0 Å². The van der Waals surface area contributed by atoms with Gasteiger partial charge in [-0.25, -0.2) is 0 Å². The van der Waals surface area contributed by atoms with Crippen molar-refractivity contribution in [1.82, 2.24) is 9.80 Å². The number of hydrogen-bond donors (Lipinski definition) is 0. The van der Waals surface area contributed by atoms with Crippen LogP contribution in [0.15, 0.2) is 0 Å². The van der Waals surface area contributed by atoms with E-state index in [0.29, 0.717) is 25.5 Å². The van der Waals surface area contributed by atoms with Crippen LogP contribution in [0.25, 0.3) is 0 Å². The molecular formula is C27H46N2O5. The Hall–Kier alpha value is -1.92. The standard InChI is InChI=1S/C27H46N2O5/c1-4-22(20-34-27(33)19-21(3)30)15-16-24(29-17-8-6-7-13-25(29)31)12-9-11-23(5-2)28-18-10-14-26(28)32/h22-24H,4-20H2,1-3H3. The number of likely N-dealkylation sites (tertiary alicyclic amines) is 2. The van der Waals surface area contributed by atoms with Gasteiger partial charge in [0, 0.05) is 38.0 Å². The molecule has 0 aliphatic carbocycles. The zero-order valence-electron chi connectivity index (χ0n) is 21.7. The van der Waals surface area contributed by atoms with Crippen LogP contribution in [0, 0.1) is 5.92 Å². The highest BCUT2D eigenvalue weighted by Gasteiger charge is 2.29. The van der Waals surface area contributed by atoms with E-state index in [1.54, 1.807) is 0 Å². The third-order valence-corrected chi connectivity index (χ3v) is 7.51. The first-order valence-corrected chi connectivity index (χ1v) is 13.6. The van der Waals surface area contributed by atoms with Gasteiger partial charge in [-0.3, -0.25) is 19.2 Å². The molecule has 34 heavy (non-hydrogen) atoms. The Morgan fingerprint density at radius 2 is 1.47 bits per heavy atom. The summed E-state index contributed by atoms with van der Waals surface area (Å²) >= 11 is 0. The third kappa shape index (κ3) is 9.38. The fourth-order valence-electron chi connectivity index (χ4n) is 5.37. The number of Topliss-reactive ketones (excluding diaryl/α,β-unsaturated/α-hetero) is 1. The fourth-order valence-corrected chi connectivity index (χ4v) is 5.37. The molecule has 2 amide bonds. The van der Waals surface area contributed by atoms with E-state index < -0.39 is 5.97 Å². The van der Waals surface area contributed by atoms with Crippen molar-refractivity contribution in [3.05, 3.63) is 0 Å². The molecule has 7 heteroatoms. The summed E-state index contributed by atoms with van der Waals surface area (Å²) in [6, 6.07) is 0.499. The first kappa shape index (κ1) is 28.3. The van der Waals surface area contributed by atoms with Crippen LogP contribution in [-0.2, 0) is 23.9 Å². The minimum absolute atomic E-state index is 0.167. The summed E-state index contributed by atoms with van der Waals surface area (Å²) in [4.78, 5) is 52.2. The van der Waals surface area contributed by atoms with E-state index in [2.05, 4.69) is 23.6 Å². The van der Waals surface area contributed by atoms with Gasteiger partial charge >= 0.3 is 5.97 Å². The van der Waals surface area contributed by atoms with Crippen molar-refractivity contribution in [1.29, 1.82) is 0 Å². The van der Waals surface area contributed by atoms with Gasteiger partial charge in [-0.2, -0.15) is 0 Å². The molecule has 194 valence electrons. The molecule has 0 saturated carbocycles. The zero-order chi connectivity index (χ0) is 24.9. The summed E-state index contributed by atoms with van der Waals surface area (Å²) in [7, 11) is 0. The molecule has 3 atom stereocenters. The molecule has 2 fully saturated rings. The fraction of sp³-hybridized carbons (Fsp3) is 0.852. The number of ether oxygens (including phenoxy) is 1. The molecule has 2 heterocycles. The molecule has 0 aromatic carbocycles. The molecule has 2 saturated heterocycles. The van der Waals surface area contributed by atoms with Gasteiger partial charge in [-0.1, -0.05) is 26.7 Å². The highest BCUT2D eigenvalue weighted by atomic mass is 16.5. The lowest BCUT2D eigenvalue weighted by Gasteiger charge is -2.33. The molecule has 0 aromatic rings. The summed E-state index contributed by atoms with van der Waals surface area (Å²) in [5, 5.41) is 0. The second kappa shape index (κ2) is 15.2. The second-order valence-corrected chi connectivity index (χ2v) is 10.1. The number of esters is 1. The van der Waals surface area contributed by atoms with Crippen LogP contribution >= 0.6 is 0 Å². The minimum atomic E-state index is -0.452. The lowest BCUT2D eigenvalue weighted by molar-refractivity contribution is -0.147. The number of carbonyl (C=O) groups is 4. The maximum absolute atomic E-state index is 12.9. The van der Waals surface area contributed by atoms with Crippen molar-refractivity contribution >= 4 is 23.6 Å². The molecular weight excluding hydrogens is 432 g/mol. The number of carbonyl (C=O) groups excluding carboxylic acids is 4. The molecule has 2 rings (SSSR count). The van der Waals surface area contributed by atoms with Gasteiger partial charge in [0.1, 0.15) is 12.2 Å². The van der Waals surface area contributed by atoms with Gasteiger partial charge in [0.15, 0.2) is 0 Å². The maximum Gasteiger partial charge on any atom is 0.313 e. The Kier molecular flexibility index (Phi) is 12.6. The molecule has 0 bridgehead atoms. The lowest BCUT2D eigenvalue weighted by Crippen LogP contribution is -2.41. The molecule has 0 radical (unpaired) electrons. The summed E-state index contributed by atoms with van der Waals surface area (Å²) in [5.74, 6) is 0.151. The van der Waals surface area contributed by atoms with Crippen LogP contribution in [0.3, 0.4) is 0 Å². The van der Waals surface area contributed by atoms with Gasteiger partial charge in [0.25, 0.3) is 0 Å². The Morgan fingerprint density at radius 3 is 2.12 bits per heavy atom. The SMILES string of the molecule is CCC(CCC(CCCC(CC)N1CCCC1=O)N1CCCCCC1=O)COC(=O)CC(C)=O. The Bertz CT molecular complexity index is 680. The van der Waals surface area contributed by atoms with Gasteiger partial charge in [0.2, 0.25) is 11.8 Å². The van der Waals surface area contributed by atoms with E-state index in [0.717, 1.165) is 83.7 Å². The van der Waals surface area contributed by atoms with Gasteiger partial charge < -0.3 is 14.5 Å².